The molecule has 0 bridgehead atoms. The van der Waals surface area contributed by atoms with E-state index in [1.54, 1.807) is 0 Å². The second-order valence-electron chi connectivity index (χ2n) is 8.51. The van der Waals surface area contributed by atoms with E-state index < -0.39 is 0 Å². The third-order valence-corrected chi connectivity index (χ3v) is 11.3. The van der Waals surface area contributed by atoms with Gasteiger partial charge in [-0.05, 0) is 72.1 Å². The summed E-state index contributed by atoms with van der Waals surface area (Å²) in [6.07, 6.45) is 11.3. The van der Waals surface area contributed by atoms with E-state index in [-0.39, 0.29) is 31.4 Å². The van der Waals surface area contributed by atoms with Crippen LogP contribution in [0.3, 0.4) is 0 Å². The lowest BCUT2D eigenvalue weighted by molar-refractivity contribution is 0.256. The molecule has 0 saturated heterocycles. The first kappa shape index (κ1) is 27.5. The molecule has 158 valence electrons. The van der Waals surface area contributed by atoms with Crippen LogP contribution in [0.2, 0.25) is 0 Å². The molecule has 1 rings (SSSR count). The van der Waals surface area contributed by atoms with E-state index in [9.17, 15) is 0 Å². The average Bonchev–Trinajstić information content (AvgIpc) is 2.57. The number of hydrogen-bond acceptors (Lipinski definition) is 1. The summed E-state index contributed by atoms with van der Waals surface area (Å²) in [5.41, 5.74) is 3.07. The monoisotopic (exact) mass is 429 g/mol. The number of aryl methyl sites for hydroxylation is 1. The van der Waals surface area contributed by atoms with Crippen LogP contribution >= 0.6 is 25.9 Å². The van der Waals surface area contributed by atoms with Gasteiger partial charge in [-0.25, -0.2) is 0 Å². The molecule has 4 heteroatoms. The fourth-order valence-corrected chi connectivity index (χ4v) is 9.89. The topological polar surface area (TPSA) is 3.24 Å². The van der Waals surface area contributed by atoms with Crippen LogP contribution in [0.4, 0.5) is 0 Å². The van der Waals surface area contributed by atoms with E-state index in [4.69, 9.17) is 0 Å². The van der Waals surface area contributed by atoms with Crippen LogP contribution in [-0.4, -0.2) is 41.0 Å². The Labute approximate surface area is 176 Å². The maximum Gasteiger partial charge on any atom is 0.0278 e. The Morgan fingerprint density at radius 1 is 0.778 bits per heavy atom. The zero-order valence-corrected chi connectivity index (χ0v) is 22.4. The Kier molecular flexibility index (Phi) is 14.7. The average molecular weight is 430 g/mol. The Morgan fingerprint density at radius 2 is 1.30 bits per heavy atom. The van der Waals surface area contributed by atoms with Crippen molar-refractivity contribution in [3.8, 4) is 0 Å². The molecule has 0 saturated carbocycles. The fourth-order valence-electron chi connectivity index (χ4n) is 3.46. The minimum atomic E-state index is -0.0480. The van der Waals surface area contributed by atoms with E-state index in [2.05, 4.69) is 77.4 Å². The SMILES string of the molecule is CCCP(CCC)CCP(CCC)N(Cc1ccc(C)cc1)C(C)(C)C.P. The van der Waals surface area contributed by atoms with Gasteiger partial charge in [-0.15, -0.1) is 7.92 Å². The molecule has 0 radical (unpaired) electrons. The van der Waals surface area contributed by atoms with Crippen molar-refractivity contribution >= 4 is 25.9 Å². The van der Waals surface area contributed by atoms with Crippen molar-refractivity contribution in [1.82, 2.24) is 4.67 Å². The molecule has 2 unspecified atom stereocenters. The zero-order valence-electron chi connectivity index (χ0n) is 19.2. The Hall–Kier alpha value is 0.470. The summed E-state index contributed by atoms with van der Waals surface area (Å²) < 4.78 is 2.85. The summed E-state index contributed by atoms with van der Waals surface area (Å²) in [5.74, 6) is 0. The van der Waals surface area contributed by atoms with Crippen LogP contribution in [0.1, 0.15) is 71.9 Å². The van der Waals surface area contributed by atoms with Crippen LogP contribution in [0.5, 0.6) is 0 Å². The molecule has 1 nitrogen and oxygen atoms in total. The van der Waals surface area contributed by atoms with Crippen molar-refractivity contribution in [2.24, 2.45) is 0 Å². The molecule has 2 atom stereocenters. The highest BCUT2D eigenvalue weighted by molar-refractivity contribution is 7.60. The van der Waals surface area contributed by atoms with E-state index in [0.29, 0.717) is 0 Å². The lowest BCUT2D eigenvalue weighted by atomic mass is 10.1. The van der Waals surface area contributed by atoms with Gasteiger partial charge < -0.3 is 0 Å². The minimum Gasteiger partial charge on any atom is -0.272 e. The number of nitrogens with zero attached hydrogens (tertiary/aromatic N) is 1. The standard InChI is InChI=1S/C23H43NP2.H3P/c1-8-15-25(16-9-2)18-19-26(17-10-3)24(23(5,6)7)20-22-13-11-21(4)12-14-22;/h11-14H,8-10,15-20H2,1-7H3;1H3. The molecule has 0 aromatic heterocycles. The van der Waals surface area contributed by atoms with E-state index in [0.717, 1.165) is 6.54 Å². The van der Waals surface area contributed by atoms with Gasteiger partial charge >= 0.3 is 0 Å². The molecule has 0 heterocycles. The fraction of sp³-hybridized carbons (Fsp3) is 0.739. The van der Waals surface area contributed by atoms with Crippen molar-refractivity contribution in [2.45, 2.75) is 79.8 Å². The van der Waals surface area contributed by atoms with Gasteiger partial charge in [-0.2, -0.15) is 9.90 Å². The quantitative estimate of drug-likeness (QED) is 0.307. The smallest absolute Gasteiger partial charge is 0.0278 e. The lowest BCUT2D eigenvalue weighted by Crippen LogP contribution is -2.38. The minimum absolute atomic E-state index is 0. The molecule has 0 aliphatic rings. The second kappa shape index (κ2) is 14.5. The first-order chi connectivity index (χ1) is 12.3. The molecule has 0 amide bonds. The maximum atomic E-state index is 2.85. The van der Waals surface area contributed by atoms with Crippen molar-refractivity contribution in [1.29, 1.82) is 0 Å². The summed E-state index contributed by atoms with van der Waals surface area (Å²) in [6, 6.07) is 9.18. The Balaban J connectivity index is 0.00000676. The first-order valence-corrected chi connectivity index (χ1v) is 14.2. The van der Waals surface area contributed by atoms with Gasteiger partial charge in [0, 0.05) is 12.1 Å². The Bertz CT molecular complexity index is 475. The predicted molar refractivity (Wildman–Crippen MR) is 137 cm³/mol. The highest BCUT2D eigenvalue weighted by Gasteiger charge is 2.28. The van der Waals surface area contributed by atoms with Crippen LogP contribution in [-0.2, 0) is 6.54 Å². The second-order valence-corrected chi connectivity index (χ2v) is 13.6. The highest BCUT2D eigenvalue weighted by Crippen LogP contribution is 2.50. The molecule has 27 heavy (non-hydrogen) atoms. The molecule has 0 fully saturated rings. The third-order valence-electron chi connectivity index (χ3n) is 4.80. The predicted octanol–water partition coefficient (Wildman–Crippen LogP) is 7.76. The van der Waals surface area contributed by atoms with Gasteiger partial charge in [0.2, 0.25) is 0 Å². The summed E-state index contributed by atoms with van der Waals surface area (Å²) >= 11 is 0. The van der Waals surface area contributed by atoms with Crippen LogP contribution in [0.15, 0.2) is 24.3 Å². The molecular formula is C23H46NP3. The highest BCUT2D eigenvalue weighted by atomic mass is 31.1. The van der Waals surface area contributed by atoms with E-state index in [1.807, 2.05) is 0 Å². The zero-order chi connectivity index (χ0) is 19.6. The summed E-state index contributed by atoms with van der Waals surface area (Å²) in [6.45, 7) is 17.6. The maximum absolute atomic E-state index is 2.85. The van der Waals surface area contributed by atoms with Gasteiger partial charge in [0.1, 0.15) is 0 Å². The first-order valence-electron chi connectivity index (χ1n) is 10.6. The van der Waals surface area contributed by atoms with Gasteiger partial charge in [-0.1, -0.05) is 69.9 Å². The molecule has 1 aromatic rings. The summed E-state index contributed by atoms with van der Waals surface area (Å²) in [5, 5.41) is 0. The molecule has 0 spiro atoms. The Morgan fingerprint density at radius 3 is 1.74 bits per heavy atom. The summed E-state index contributed by atoms with van der Waals surface area (Å²) in [4.78, 5) is 0. The number of rotatable bonds is 12. The van der Waals surface area contributed by atoms with Crippen molar-refractivity contribution in [3.05, 3.63) is 35.4 Å². The van der Waals surface area contributed by atoms with E-state index >= 15 is 0 Å². The molecular weight excluding hydrogens is 383 g/mol. The largest absolute Gasteiger partial charge is 0.272 e. The van der Waals surface area contributed by atoms with Crippen LogP contribution < -0.4 is 0 Å². The van der Waals surface area contributed by atoms with Crippen molar-refractivity contribution < 1.29 is 0 Å². The van der Waals surface area contributed by atoms with Gasteiger partial charge in [-0.3, -0.25) is 4.67 Å². The molecule has 0 N–H and O–H groups in total. The third kappa shape index (κ3) is 10.7. The van der Waals surface area contributed by atoms with Gasteiger partial charge in [0.15, 0.2) is 0 Å². The normalized spacial score (nSPS) is 13.1. The molecule has 0 aliphatic heterocycles. The van der Waals surface area contributed by atoms with E-state index in [1.165, 1.54) is 61.2 Å². The van der Waals surface area contributed by atoms with Crippen LogP contribution in [0.25, 0.3) is 0 Å². The molecule has 1 aromatic carbocycles. The molecule has 0 aliphatic carbocycles. The summed E-state index contributed by atoms with van der Waals surface area (Å²) in [7, 11) is 0.213. The van der Waals surface area contributed by atoms with Gasteiger partial charge in [0.05, 0.1) is 0 Å². The van der Waals surface area contributed by atoms with Crippen LogP contribution in [0, 0.1) is 6.92 Å². The van der Waals surface area contributed by atoms with Gasteiger partial charge in [0.25, 0.3) is 0 Å². The van der Waals surface area contributed by atoms with Crippen molar-refractivity contribution in [3.63, 3.8) is 0 Å². The van der Waals surface area contributed by atoms with Crippen molar-refractivity contribution in [2.75, 3.05) is 30.8 Å². The lowest BCUT2D eigenvalue weighted by Gasteiger charge is -2.42. The number of benzene rings is 1. The number of hydrogen-bond donors (Lipinski definition) is 0.